The van der Waals surface area contributed by atoms with Gasteiger partial charge in [-0.1, -0.05) is 0 Å². The Morgan fingerprint density at radius 1 is 1.33 bits per heavy atom. The lowest BCUT2D eigenvalue weighted by molar-refractivity contribution is 0.100. The Kier molecular flexibility index (Phi) is 3.40. The van der Waals surface area contributed by atoms with E-state index in [1.807, 2.05) is 0 Å². The SMILES string of the molecule is Cc1ncc2c(C(N)=O)c(N)n(-c3c(C)cc(F)c(O)c3C)c2n1. The normalized spacial score (nSPS) is 11.2. The number of aromatic hydroxyl groups is 1. The summed E-state index contributed by atoms with van der Waals surface area (Å²) in [5.41, 5.74) is 13.3. The molecule has 1 amide bonds. The molecule has 0 fully saturated rings. The van der Waals surface area contributed by atoms with Gasteiger partial charge in [-0.2, -0.15) is 0 Å². The summed E-state index contributed by atoms with van der Waals surface area (Å²) < 4.78 is 15.3. The summed E-state index contributed by atoms with van der Waals surface area (Å²) in [6, 6.07) is 1.20. The Balaban J connectivity index is 2.53. The molecular weight excluding hydrogens is 313 g/mol. The lowest BCUT2D eigenvalue weighted by atomic mass is 10.1. The third-order valence-corrected chi connectivity index (χ3v) is 3.99. The zero-order chi connectivity index (χ0) is 17.8. The molecule has 0 spiro atoms. The summed E-state index contributed by atoms with van der Waals surface area (Å²) >= 11 is 0. The highest BCUT2D eigenvalue weighted by molar-refractivity contribution is 6.10. The third-order valence-electron chi connectivity index (χ3n) is 3.99. The second kappa shape index (κ2) is 5.19. The summed E-state index contributed by atoms with van der Waals surface area (Å²) in [6.07, 6.45) is 1.47. The van der Waals surface area contributed by atoms with Crippen LogP contribution in [0.15, 0.2) is 12.3 Å². The number of phenolic OH excluding ortho intramolecular Hbond substituents is 1. The molecule has 0 atom stereocenters. The molecular formula is C16H16FN5O2. The van der Waals surface area contributed by atoms with Crippen molar-refractivity contribution in [2.45, 2.75) is 20.8 Å². The van der Waals surface area contributed by atoms with Crippen LogP contribution in [-0.2, 0) is 0 Å². The first-order chi connectivity index (χ1) is 11.2. The highest BCUT2D eigenvalue weighted by atomic mass is 19.1. The predicted molar refractivity (Wildman–Crippen MR) is 87.6 cm³/mol. The fraction of sp³-hybridized carbons (Fsp3) is 0.188. The van der Waals surface area contributed by atoms with Crippen LogP contribution >= 0.6 is 0 Å². The number of aromatic nitrogens is 3. The monoisotopic (exact) mass is 329 g/mol. The van der Waals surface area contributed by atoms with Gasteiger partial charge < -0.3 is 16.6 Å². The van der Waals surface area contributed by atoms with Crippen molar-refractivity contribution in [1.29, 1.82) is 0 Å². The second-order valence-corrected chi connectivity index (χ2v) is 5.61. The smallest absolute Gasteiger partial charge is 0.253 e. The first-order valence-electron chi connectivity index (χ1n) is 7.16. The molecule has 5 N–H and O–H groups in total. The van der Waals surface area contributed by atoms with Crippen molar-refractivity contribution in [3.05, 3.63) is 40.6 Å². The molecule has 24 heavy (non-hydrogen) atoms. The van der Waals surface area contributed by atoms with E-state index in [9.17, 15) is 14.3 Å². The van der Waals surface area contributed by atoms with Crippen molar-refractivity contribution in [2.24, 2.45) is 5.73 Å². The minimum absolute atomic E-state index is 0.0645. The average molecular weight is 329 g/mol. The molecule has 3 rings (SSSR count). The molecule has 0 bridgehead atoms. The number of carbonyl (C=O) groups is 1. The molecule has 7 nitrogen and oxygen atoms in total. The van der Waals surface area contributed by atoms with Crippen molar-refractivity contribution >= 4 is 22.8 Å². The first-order valence-corrected chi connectivity index (χ1v) is 7.16. The molecule has 2 aromatic heterocycles. The van der Waals surface area contributed by atoms with Gasteiger partial charge in [0, 0.05) is 11.8 Å². The van der Waals surface area contributed by atoms with Crippen molar-refractivity contribution in [3.8, 4) is 11.4 Å². The van der Waals surface area contributed by atoms with Gasteiger partial charge in [0.15, 0.2) is 17.2 Å². The Labute approximate surface area is 136 Å². The number of hydrogen-bond acceptors (Lipinski definition) is 5. The summed E-state index contributed by atoms with van der Waals surface area (Å²) in [4.78, 5) is 20.2. The van der Waals surface area contributed by atoms with Crippen molar-refractivity contribution < 1.29 is 14.3 Å². The van der Waals surface area contributed by atoms with E-state index >= 15 is 0 Å². The number of carbonyl (C=O) groups excluding carboxylic acids is 1. The van der Waals surface area contributed by atoms with E-state index < -0.39 is 17.5 Å². The molecule has 2 heterocycles. The Bertz CT molecular complexity index is 1010. The number of fused-ring (bicyclic) bond motifs is 1. The van der Waals surface area contributed by atoms with E-state index in [4.69, 9.17) is 11.5 Å². The van der Waals surface area contributed by atoms with Gasteiger partial charge in [-0.15, -0.1) is 0 Å². The van der Waals surface area contributed by atoms with Gasteiger partial charge in [0.25, 0.3) is 5.91 Å². The number of halogens is 1. The molecule has 8 heteroatoms. The number of phenols is 1. The van der Waals surface area contributed by atoms with Gasteiger partial charge in [-0.3, -0.25) is 9.36 Å². The predicted octanol–water partition coefficient (Wildman–Crippen LogP) is 1.87. The number of hydrogen-bond donors (Lipinski definition) is 3. The summed E-state index contributed by atoms with van der Waals surface area (Å²) in [6.45, 7) is 4.93. The van der Waals surface area contributed by atoms with E-state index in [0.717, 1.165) is 0 Å². The van der Waals surface area contributed by atoms with Crippen LogP contribution in [0.3, 0.4) is 0 Å². The minimum atomic E-state index is -0.732. The van der Waals surface area contributed by atoms with E-state index in [0.29, 0.717) is 28.1 Å². The first kappa shape index (κ1) is 15.7. The fourth-order valence-corrected chi connectivity index (χ4v) is 2.91. The van der Waals surface area contributed by atoms with Crippen LogP contribution in [0.4, 0.5) is 10.2 Å². The number of nitrogen functional groups attached to an aromatic ring is 1. The topological polar surface area (TPSA) is 120 Å². The Morgan fingerprint density at radius 2 is 2.00 bits per heavy atom. The van der Waals surface area contributed by atoms with Gasteiger partial charge >= 0.3 is 0 Å². The maximum absolute atomic E-state index is 13.8. The number of rotatable bonds is 2. The van der Waals surface area contributed by atoms with Crippen molar-refractivity contribution in [1.82, 2.24) is 14.5 Å². The Morgan fingerprint density at radius 3 is 2.62 bits per heavy atom. The number of anilines is 1. The highest BCUT2D eigenvalue weighted by Crippen LogP contribution is 2.36. The lowest BCUT2D eigenvalue weighted by Gasteiger charge is -2.16. The molecule has 0 aliphatic rings. The van der Waals surface area contributed by atoms with Crippen molar-refractivity contribution in [3.63, 3.8) is 0 Å². The highest BCUT2D eigenvalue weighted by Gasteiger charge is 2.24. The van der Waals surface area contributed by atoms with E-state index in [1.54, 1.807) is 20.8 Å². The quantitative estimate of drug-likeness (QED) is 0.663. The van der Waals surface area contributed by atoms with Gasteiger partial charge in [0.05, 0.1) is 16.6 Å². The van der Waals surface area contributed by atoms with Crippen LogP contribution in [-0.4, -0.2) is 25.5 Å². The Hall–Kier alpha value is -3.16. The lowest BCUT2D eigenvalue weighted by Crippen LogP contribution is -2.14. The largest absolute Gasteiger partial charge is 0.505 e. The fourth-order valence-electron chi connectivity index (χ4n) is 2.91. The molecule has 0 aliphatic carbocycles. The van der Waals surface area contributed by atoms with Gasteiger partial charge in [0.2, 0.25) is 0 Å². The van der Waals surface area contributed by atoms with Gasteiger partial charge in [-0.05, 0) is 32.4 Å². The number of benzene rings is 1. The average Bonchev–Trinajstić information content (AvgIpc) is 2.77. The summed E-state index contributed by atoms with van der Waals surface area (Å²) in [5, 5.41) is 10.3. The van der Waals surface area contributed by atoms with Crippen LogP contribution < -0.4 is 11.5 Å². The molecule has 1 aromatic carbocycles. The number of nitrogens with zero attached hydrogens (tertiary/aromatic N) is 3. The van der Waals surface area contributed by atoms with E-state index in [1.165, 1.54) is 16.8 Å². The van der Waals surface area contributed by atoms with Crippen molar-refractivity contribution in [2.75, 3.05) is 5.73 Å². The van der Waals surface area contributed by atoms with Crippen LogP contribution in [0, 0.1) is 26.6 Å². The molecule has 0 radical (unpaired) electrons. The van der Waals surface area contributed by atoms with Crippen LogP contribution in [0.5, 0.6) is 5.75 Å². The number of amides is 1. The third kappa shape index (κ3) is 2.07. The number of primary amides is 1. The number of aryl methyl sites for hydroxylation is 2. The molecule has 0 saturated carbocycles. The van der Waals surface area contributed by atoms with E-state index in [2.05, 4.69) is 9.97 Å². The molecule has 0 aliphatic heterocycles. The van der Waals surface area contributed by atoms with Crippen LogP contribution in [0.1, 0.15) is 27.3 Å². The number of nitrogens with two attached hydrogens (primary N) is 2. The molecule has 0 saturated heterocycles. The summed E-state index contributed by atoms with van der Waals surface area (Å²) in [7, 11) is 0. The summed E-state index contributed by atoms with van der Waals surface area (Å²) in [5.74, 6) is -1.40. The van der Waals surface area contributed by atoms with E-state index in [-0.39, 0.29) is 16.9 Å². The molecule has 0 unspecified atom stereocenters. The van der Waals surface area contributed by atoms with Gasteiger partial charge in [0.1, 0.15) is 11.6 Å². The maximum Gasteiger partial charge on any atom is 0.253 e. The van der Waals surface area contributed by atoms with Crippen LogP contribution in [0.25, 0.3) is 16.7 Å². The molecule has 124 valence electrons. The molecule has 3 aromatic rings. The minimum Gasteiger partial charge on any atom is -0.505 e. The van der Waals surface area contributed by atoms with Crippen LogP contribution in [0.2, 0.25) is 0 Å². The van der Waals surface area contributed by atoms with Gasteiger partial charge in [-0.25, -0.2) is 14.4 Å². The zero-order valence-corrected chi connectivity index (χ0v) is 13.4. The standard InChI is InChI=1S/C16H16FN5O2/c1-6-4-10(17)13(23)7(2)12(6)22-14(18)11(15(19)24)9-5-20-8(3)21-16(9)22/h4-5,23H,18H2,1-3H3,(H2,19,24). The maximum atomic E-state index is 13.8. The second-order valence-electron chi connectivity index (χ2n) is 5.61. The zero-order valence-electron chi connectivity index (χ0n) is 13.4.